The first kappa shape index (κ1) is 21.1. The average molecular weight is 421 g/mol. The Morgan fingerprint density at radius 2 is 1.84 bits per heavy atom. The van der Waals surface area contributed by atoms with Crippen LogP contribution in [0.3, 0.4) is 0 Å². The van der Waals surface area contributed by atoms with Crippen molar-refractivity contribution in [1.29, 1.82) is 0 Å². The monoisotopic (exact) mass is 420 g/mol. The molecule has 0 spiro atoms. The number of aromatic nitrogens is 4. The van der Waals surface area contributed by atoms with Crippen LogP contribution < -0.4 is 0 Å². The zero-order valence-corrected chi connectivity index (χ0v) is 17.9. The number of likely N-dealkylation sites (tertiary alicyclic amines) is 1. The summed E-state index contributed by atoms with van der Waals surface area (Å²) in [6.45, 7) is 4.14. The molecule has 1 N–H and O–H groups in total. The molecule has 1 saturated heterocycles. The number of likely N-dealkylation sites (N-methyl/N-ethyl adjacent to an activating group) is 1. The topological polar surface area (TPSA) is 87.4 Å². The fraction of sp³-hybridized carbons (Fsp3) is 0.391. The molecular formula is C23H28N6O2. The molecule has 8 heteroatoms. The Balaban J connectivity index is 1.35. The van der Waals surface area contributed by atoms with E-state index in [2.05, 4.69) is 32.4 Å². The normalized spacial score (nSPS) is 20.0. The first-order valence-electron chi connectivity index (χ1n) is 10.5. The molecule has 1 aromatic heterocycles. The van der Waals surface area contributed by atoms with E-state index in [1.54, 1.807) is 18.9 Å². The molecule has 0 unspecified atom stereocenters. The van der Waals surface area contributed by atoms with Crippen LogP contribution >= 0.6 is 0 Å². The van der Waals surface area contributed by atoms with Crippen LogP contribution in [0.25, 0.3) is 11.4 Å². The van der Waals surface area contributed by atoms with Crippen molar-refractivity contribution < 1.29 is 9.90 Å². The van der Waals surface area contributed by atoms with Crippen molar-refractivity contribution >= 4 is 5.91 Å². The largest absolute Gasteiger partial charge is 0.387 e. The van der Waals surface area contributed by atoms with Gasteiger partial charge in [-0.15, -0.1) is 10.2 Å². The highest BCUT2D eigenvalue weighted by atomic mass is 16.3. The van der Waals surface area contributed by atoms with Crippen molar-refractivity contribution in [2.24, 2.45) is 0 Å². The summed E-state index contributed by atoms with van der Waals surface area (Å²) in [5.41, 5.74) is 1.14. The van der Waals surface area contributed by atoms with Gasteiger partial charge in [0.15, 0.2) is 0 Å². The quantitative estimate of drug-likeness (QED) is 0.629. The molecular weight excluding hydrogens is 392 g/mol. The summed E-state index contributed by atoms with van der Waals surface area (Å²) in [5.74, 6) is 0.320. The molecule has 4 rings (SSSR count). The number of amides is 1. The van der Waals surface area contributed by atoms with Gasteiger partial charge in [0.05, 0.1) is 12.1 Å². The lowest BCUT2D eigenvalue weighted by atomic mass is 10.0. The van der Waals surface area contributed by atoms with E-state index < -0.39 is 11.6 Å². The zero-order valence-electron chi connectivity index (χ0n) is 17.9. The minimum Gasteiger partial charge on any atom is -0.387 e. The average Bonchev–Trinajstić information content (AvgIpc) is 3.41. The predicted molar refractivity (Wildman–Crippen MR) is 117 cm³/mol. The summed E-state index contributed by atoms with van der Waals surface area (Å²) in [7, 11) is 1.71. The Morgan fingerprint density at radius 1 is 1.16 bits per heavy atom. The molecule has 8 nitrogen and oxygen atoms in total. The van der Waals surface area contributed by atoms with Crippen LogP contribution in [-0.4, -0.2) is 73.3 Å². The van der Waals surface area contributed by atoms with E-state index >= 15 is 0 Å². The van der Waals surface area contributed by atoms with E-state index in [9.17, 15) is 9.90 Å². The molecule has 2 atom stereocenters. The van der Waals surface area contributed by atoms with Crippen molar-refractivity contribution in [2.45, 2.75) is 31.5 Å². The van der Waals surface area contributed by atoms with Crippen molar-refractivity contribution in [3.63, 3.8) is 0 Å². The van der Waals surface area contributed by atoms with Crippen LogP contribution in [0.2, 0.25) is 0 Å². The standard InChI is InChI=1S/C23H28N6O2/c1-18(29-25-21(24-26-29)20-11-7-4-8-12-20)22(30)27(2)16-23(31)13-14-28(17-23)15-19-9-5-3-6-10-19/h3-12,18,31H,13-17H2,1-2H3/t18-,23+/m1/s1. The minimum absolute atomic E-state index is 0.160. The first-order valence-corrected chi connectivity index (χ1v) is 10.5. The third-order valence-electron chi connectivity index (χ3n) is 5.73. The molecule has 2 heterocycles. The maximum Gasteiger partial charge on any atom is 0.248 e. The highest BCUT2D eigenvalue weighted by Crippen LogP contribution is 2.24. The van der Waals surface area contributed by atoms with Crippen LogP contribution in [0.15, 0.2) is 60.7 Å². The van der Waals surface area contributed by atoms with E-state index in [0.717, 1.165) is 18.7 Å². The van der Waals surface area contributed by atoms with Crippen LogP contribution in [0, 0.1) is 0 Å². The minimum atomic E-state index is -0.927. The van der Waals surface area contributed by atoms with E-state index in [0.29, 0.717) is 18.8 Å². The van der Waals surface area contributed by atoms with Crippen LogP contribution in [0.1, 0.15) is 24.9 Å². The lowest BCUT2D eigenvalue weighted by Gasteiger charge is -2.30. The summed E-state index contributed by atoms with van der Waals surface area (Å²) in [6.07, 6.45) is 0.631. The van der Waals surface area contributed by atoms with Gasteiger partial charge in [-0.05, 0) is 24.1 Å². The van der Waals surface area contributed by atoms with E-state index in [4.69, 9.17) is 0 Å². The maximum atomic E-state index is 13.0. The number of hydrogen-bond acceptors (Lipinski definition) is 6. The summed E-state index contributed by atoms with van der Waals surface area (Å²) < 4.78 is 0. The van der Waals surface area contributed by atoms with Gasteiger partial charge < -0.3 is 10.0 Å². The zero-order chi connectivity index (χ0) is 21.8. The van der Waals surface area contributed by atoms with E-state index in [1.807, 2.05) is 48.5 Å². The second kappa shape index (κ2) is 8.95. The number of β-amino-alcohol motifs (C(OH)–C–C–N with tert-alkyl or cyclic N) is 1. The Hall–Kier alpha value is -3.10. The molecule has 0 bridgehead atoms. The van der Waals surface area contributed by atoms with Gasteiger partial charge in [0, 0.05) is 32.2 Å². The molecule has 0 radical (unpaired) electrons. The number of benzene rings is 2. The smallest absolute Gasteiger partial charge is 0.248 e. The number of hydrogen-bond donors (Lipinski definition) is 1. The van der Waals surface area contributed by atoms with E-state index in [1.165, 1.54) is 10.4 Å². The summed E-state index contributed by atoms with van der Waals surface area (Å²) in [5, 5.41) is 23.6. The van der Waals surface area contributed by atoms with Crippen LogP contribution in [0.4, 0.5) is 0 Å². The highest BCUT2D eigenvalue weighted by Gasteiger charge is 2.38. The third kappa shape index (κ3) is 4.98. The van der Waals surface area contributed by atoms with Gasteiger partial charge in [0.2, 0.25) is 11.7 Å². The second-order valence-electron chi connectivity index (χ2n) is 8.34. The number of nitrogens with zero attached hydrogens (tertiary/aromatic N) is 6. The van der Waals surface area contributed by atoms with Gasteiger partial charge in [-0.1, -0.05) is 60.7 Å². The van der Waals surface area contributed by atoms with Crippen molar-refractivity contribution in [2.75, 3.05) is 26.7 Å². The van der Waals surface area contributed by atoms with Gasteiger partial charge in [-0.2, -0.15) is 4.80 Å². The second-order valence-corrected chi connectivity index (χ2v) is 8.34. The maximum absolute atomic E-state index is 13.0. The van der Waals surface area contributed by atoms with Gasteiger partial charge in [-0.25, -0.2) is 0 Å². The SMILES string of the molecule is C[C@H](C(=O)N(C)C[C@@]1(O)CCN(Cc2ccccc2)C1)n1nnc(-c2ccccc2)n1. The Kier molecular flexibility index (Phi) is 6.11. The molecule has 0 aliphatic carbocycles. The molecule has 3 aromatic rings. The van der Waals surface area contributed by atoms with Crippen LogP contribution in [-0.2, 0) is 11.3 Å². The van der Waals surface area contributed by atoms with Crippen molar-refractivity contribution in [3.8, 4) is 11.4 Å². The summed E-state index contributed by atoms with van der Waals surface area (Å²) in [4.78, 5) is 18.1. The fourth-order valence-electron chi connectivity index (χ4n) is 4.08. The summed E-state index contributed by atoms with van der Waals surface area (Å²) in [6, 6.07) is 19.1. The number of aliphatic hydroxyl groups is 1. The third-order valence-corrected chi connectivity index (χ3v) is 5.73. The predicted octanol–water partition coefficient (Wildman–Crippen LogP) is 2.00. The number of tetrazole rings is 1. The van der Waals surface area contributed by atoms with Gasteiger partial charge in [0.25, 0.3) is 0 Å². The molecule has 1 aliphatic rings. The number of rotatable bonds is 7. The Bertz CT molecular complexity index is 1010. The first-order chi connectivity index (χ1) is 14.9. The van der Waals surface area contributed by atoms with Crippen molar-refractivity contribution in [1.82, 2.24) is 30.0 Å². The molecule has 1 amide bonds. The molecule has 1 aliphatic heterocycles. The molecule has 0 saturated carbocycles. The van der Waals surface area contributed by atoms with Gasteiger partial charge in [0.1, 0.15) is 6.04 Å². The summed E-state index contributed by atoms with van der Waals surface area (Å²) >= 11 is 0. The number of carbonyl (C=O) groups is 1. The highest BCUT2D eigenvalue weighted by molar-refractivity contribution is 5.79. The molecule has 31 heavy (non-hydrogen) atoms. The molecule has 2 aromatic carbocycles. The molecule has 162 valence electrons. The lowest BCUT2D eigenvalue weighted by Crippen LogP contribution is -2.47. The van der Waals surface area contributed by atoms with Crippen molar-refractivity contribution in [3.05, 3.63) is 66.2 Å². The molecule has 1 fully saturated rings. The fourth-order valence-corrected chi connectivity index (χ4v) is 4.08. The van der Waals surface area contributed by atoms with Gasteiger partial charge >= 0.3 is 0 Å². The lowest BCUT2D eigenvalue weighted by molar-refractivity contribution is -0.136. The van der Waals surface area contributed by atoms with Crippen LogP contribution in [0.5, 0.6) is 0 Å². The number of carbonyl (C=O) groups excluding carboxylic acids is 1. The van der Waals surface area contributed by atoms with Gasteiger partial charge in [-0.3, -0.25) is 9.69 Å². The Morgan fingerprint density at radius 3 is 2.55 bits per heavy atom. The van der Waals surface area contributed by atoms with E-state index in [-0.39, 0.29) is 12.5 Å². The Labute approximate surface area is 182 Å².